The predicted molar refractivity (Wildman–Crippen MR) is 110 cm³/mol. The molecule has 2 aromatic heterocycles. The van der Waals surface area contributed by atoms with Crippen molar-refractivity contribution in [2.24, 2.45) is 0 Å². The summed E-state index contributed by atoms with van der Waals surface area (Å²) in [5.41, 5.74) is 1.42. The Labute approximate surface area is 167 Å². The largest absolute Gasteiger partial charge is 0.488 e. The lowest BCUT2D eigenvalue weighted by Crippen LogP contribution is -2.32. The maximum Gasteiger partial charge on any atom is 0.220 e. The van der Waals surface area contributed by atoms with Crippen molar-refractivity contribution in [2.75, 3.05) is 31.4 Å². The molecular formula is C20H23N3O4S. The number of hydrogen-bond donors (Lipinski definition) is 1. The van der Waals surface area contributed by atoms with Crippen LogP contribution in [0.25, 0.3) is 23.3 Å². The van der Waals surface area contributed by atoms with Gasteiger partial charge in [0, 0.05) is 29.8 Å². The summed E-state index contributed by atoms with van der Waals surface area (Å²) in [6, 6.07) is 5.50. The van der Waals surface area contributed by atoms with E-state index in [2.05, 4.69) is 14.9 Å². The normalized spacial score (nSPS) is 16.1. The van der Waals surface area contributed by atoms with Crippen molar-refractivity contribution in [3.8, 4) is 5.75 Å². The molecule has 7 nitrogen and oxygen atoms in total. The topological polar surface area (TPSA) is 80.9 Å². The van der Waals surface area contributed by atoms with Crippen molar-refractivity contribution in [3.63, 3.8) is 0 Å². The zero-order chi connectivity index (χ0) is 19.3. The molecule has 1 aromatic carbocycles. The molecule has 1 aliphatic heterocycles. The number of oxazole rings is 1. The number of hydrogen-bond acceptors (Lipinski definition) is 8. The van der Waals surface area contributed by atoms with Crippen LogP contribution in [0.2, 0.25) is 0 Å². The molecule has 148 valence electrons. The summed E-state index contributed by atoms with van der Waals surface area (Å²) in [6.07, 6.45) is 7.18. The number of benzene rings is 1. The highest BCUT2D eigenvalue weighted by molar-refractivity contribution is 7.16. The SMILES string of the molecule is CCC(CO)Oc1ccc2nc(/C=C/c3cnc(N4CCCOC4)s3)oc2c1. The van der Waals surface area contributed by atoms with Crippen LogP contribution in [0.5, 0.6) is 5.75 Å². The minimum atomic E-state index is -0.217. The fourth-order valence-electron chi connectivity index (χ4n) is 2.91. The van der Waals surface area contributed by atoms with Crippen LogP contribution >= 0.6 is 11.3 Å². The summed E-state index contributed by atoms with van der Waals surface area (Å²) in [5.74, 6) is 1.19. The van der Waals surface area contributed by atoms with E-state index in [9.17, 15) is 5.11 Å². The van der Waals surface area contributed by atoms with Crippen LogP contribution in [0.3, 0.4) is 0 Å². The van der Waals surface area contributed by atoms with Crippen molar-refractivity contribution in [1.82, 2.24) is 9.97 Å². The molecule has 3 aromatic rings. The van der Waals surface area contributed by atoms with Gasteiger partial charge in [-0.05, 0) is 31.1 Å². The summed E-state index contributed by atoms with van der Waals surface area (Å²) in [7, 11) is 0. The lowest BCUT2D eigenvalue weighted by Gasteiger charge is -2.25. The molecule has 0 spiro atoms. The van der Waals surface area contributed by atoms with Crippen LogP contribution in [-0.4, -0.2) is 47.7 Å². The molecule has 4 rings (SSSR count). The molecule has 1 fully saturated rings. The second kappa shape index (κ2) is 8.72. The molecule has 0 bridgehead atoms. The predicted octanol–water partition coefficient (Wildman–Crippen LogP) is 3.79. The summed E-state index contributed by atoms with van der Waals surface area (Å²) >= 11 is 1.61. The fourth-order valence-corrected chi connectivity index (χ4v) is 3.74. The number of rotatable bonds is 7. The maximum absolute atomic E-state index is 9.28. The molecule has 28 heavy (non-hydrogen) atoms. The molecule has 3 heterocycles. The van der Waals surface area contributed by atoms with Gasteiger partial charge in [-0.15, -0.1) is 0 Å². The number of nitrogens with zero attached hydrogens (tertiary/aromatic N) is 3. The molecule has 1 unspecified atom stereocenters. The van der Waals surface area contributed by atoms with Crippen LogP contribution < -0.4 is 9.64 Å². The van der Waals surface area contributed by atoms with Crippen molar-refractivity contribution < 1.29 is 19.0 Å². The molecule has 1 N–H and O–H groups in total. The Balaban J connectivity index is 1.46. The Morgan fingerprint density at radius 3 is 3.11 bits per heavy atom. The number of ether oxygens (including phenoxy) is 2. The van der Waals surface area contributed by atoms with Crippen molar-refractivity contribution in [2.45, 2.75) is 25.9 Å². The first-order chi connectivity index (χ1) is 13.7. The van der Waals surface area contributed by atoms with Gasteiger partial charge in [-0.25, -0.2) is 9.97 Å². The average Bonchev–Trinajstić information content (AvgIpc) is 3.37. The van der Waals surface area contributed by atoms with Gasteiger partial charge in [-0.2, -0.15) is 0 Å². The van der Waals surface area contributed by atoms with E-state index in [1.165, 1.54) is 0 Å². The number of fused-ring (bicyclic) bond motifs is 1. The van der Waals surface area contributed by atoms with E-state index in [4.69, 9.17) is 13.9 Å². The highest BCUT2D eigenvalue weighted by Gasteiger charge is 2.14. The summed E-state index contributed by atoms with van der Waals surface area (Å²) in [5, 5.41) is 10.2. The van der Waals surface area contributed by atoms with E-state index >= 15 is 0 Å². The number of anilines is 1. The summed E-state index contributed by atoms with van der Waals surface area (Å²) < 4.78 is 17.0. The van der Waals surface area contributed by atoms with E-state index in [1.54, 1.807) is 17.4 Å². The van der Waals surface area contributed by atoms with Gasteiger partial charge in [0.1, 0.15) is 24.1 Å². The van der Waals surface area contributed by atoms with Gasteiger partial charge >= 0.3 is 0 Å². The Morgan fingerprint density at radius 2 is 2.32 bits per heavy atom. The van der Waals surface area contributed by atoms with Crippen LogP contribution in [0.1, 0.15) is 30.5 Å². The van der Waals surface area contributed by atoms with Crippen molar-refractivity contribution in [3.05, 3.63) is 35.2 Å². The Morgan fingerprint density at radius 1 is 1.39 bits per heavy atom. The molecule has 0 aliphatic carbocycles. The molecule has 0 amide bonds. The zero-order valence-electron chi connectivity index (χ0n) is 15.7. The van der Waals surface area contributed by atoms with Gasteiger partial charge in [0.05, 0.1) is 13.2 Å². The Hall–Kier alpha value is -2.42. The lowest BCUT2D eigenvalue weighted by molar-refractivity contribution is 0.107. The maximum atomic E-state index is 9.28. The van der Waals surface area contributed by atoms with Crippen LogP contribution in [0, 0.1) is 0 Å². The number of aliphatic hydroxyl groups is 1. The molecule has 1 saturated heterocycles. The lowest BCUT2D eigenvalue weighted by atomic mass is 10.2. The van der Waals surface area contributed by atoms with Gasteiger partial charge in [0.2, 0.25) is 5.89 Å². The number of aliphatic hydroxyl groups excluding tert-OH is 1. The van der Waals surface area contributed by atoms with E-state index in [0.29, 0.717) is 24.0 Å². The van der Waals surface area contributed by atoms with Crippen LogP contribution in [-0.2, 0) is 4.74 Å². The minimum Gasteiger partial charge on any atom is -0.488 e. The molecule has 0 radical (unpaired) electrons. The first kappa shape index (κ1) is 18.9. The average molecular weight is 401 g/mol. The van der Waals surface area contributed by atoms with Crippen molar-refractivity contribution in [1.29, 1.82) is 0 Å². The fraction of sp³-hybridized carbons (Fsp3) is 0.400. The van der Waals surface area contributed by atoms with E-state index in [-0.39, 0.29) is 12.7 Å². The van der Waals surface area contributed by atoms with Gasteiger partial charge in [0.25, 0.3) is 0 Å². The standard InChI is InChI=1S/C20H23N3O4S/c1-2-14(12-24)26-15-4-6-17-18(10-15)27-19(22-17)7-5-16-11-21-20(28-16)23-8-3-9-25-13-23/h4-7,10-11,14,24H,2-3,8-9,12-13H2,1H3/b7-5+. The second-order valence-electron chi connectivity index (χ2n) is 6.55. The third-order valence-corrected chi connectivity index (χ3v) is 5.50. The molecule has 1 atom stereocenters. The molecular weight excluding hydrogens is 378 g/mol. The Bertz CT molecular complexity index is 942. The third-order valence-electron chi connectivity index (χ3n) is 4.47. The van der Waals surface area contributed by atoms with Gasteiger partial charge < -0.3 is 23.9 Å². The van der Waals surface area contributed by atoms with Gasteiger partial charge in [-0.3, -0.25) is 0 Å². The second-order valence-corrected chi connectivity index (χ2v) is 7.59. The highest BCUT2D eigenvalue weighted by atomic mass is 32.1. The number of thiazole rings is 1. The third kappa shape index (κ3) is 4.35. The smallest absolute Gasteiger partial charge is 0.220 e. The molecule has 0 saturated carbocycles. The van der Waals surface area contributed by atoms with E-state index < -0.39 is 0 Å². The Kier molecular flexibility index (Phi) is 5.90. The van der Waals surface area contributed by atoms with Crippen LogP contribution in [0.15, 0.2) is 28.8 Å². The first-order valence-corrected chi connectivity index (χ1v) is 10.2. The van der Waals surface area contributed by atoms with Gasteiger partial charge in [-0.1, -0.05) is 18.3 Å². The van der Waals surface area contributed by atoms with Crippen LogP contribution in [0.4, 0.5) is 5.13 Å². The highest BCUT2D eigenvalue weighted by Crippen LogP contribution is 2.27. The summed E-state index contributed by atoms with van der Waals surface area (Å²) in [6.45, 7) is 4.35. The first-order valence-electron chi connectivity index (χ1n) is 9.40. The quantitative estimate of drug-likeness (QED) is 0.645. The molecule has 8 heteroatoms. The van der Waals surface area contributed by atoms with E-state index in [0.717, 1.165) is 41.5 Å². The number of aromatic nitrogens is 2. The zero-order valence-corrected chi connectivity index (χ0v) is 16.5. The minimum absolute atomic E-state index is 0.0146. The van der Waals surface area contributed by atoms with E-state index in [1.807, 2.05) is 37.4 Å². The summed E-state index contributed by atoms with van der Waals surface area (Å²) in [4.78, 5) is 12.1. The van der Waals surface area contributed by atoms with Crippen molar-refractivity contribution >= 4 is 39.7 Å². The molecule has 1 aliphatic rings. The monoisotopic (exact) mass is 401 g/mol. The van der Waals surface area contributed by atoms with Gasteiger partial charge in [0.15, 0.2) is 10.7 Å².